The summed E-state index contributed by atoms with van der Waals surface area (Å²) < 4.78 is -0.926. The van der Waals surface area contributed by atoms with E-state index in [1.807, 2.05) is 24.4 Å². The molecular formula is C13H18N2O2S2. The maximum Gasteiger partial charge on any atom is 0.267 e. The van der Waals surface area contributed by atoms with Gasteiger partial charge in [0.25, 0.3) is 5.91 Å². The first-order valence-corrected chi connectivity index (χ1v) is 7.78. The van der Waals surface area contributed by atoms with Crippen molar-refractivity contribution in [2.75, 3.05) is 0 Å². The largest absolute Gasteiger partial charge is 0.388 e. The number of aliphatic imine (C=N–C) groups is 1. The average molecular weight is 298 g/mol. The monoisotopic (exact) mass is 298 g/mol. The second-order valence-electron chi connectivity index (χ2n) is 5.30. The molecule has 0 saturated heterocycles. The molecule has 1 aromatic rings. The van der Waals surface area contributed by atoms with Gasteiger partial charge in [-0.1, -0.05) is 17.8 Å². The maximum atomic E-state index is 12.0. The van der Waals surface area contributed by atoms with Crippen LogP contribution >= 0.6 is 23.1 Å². The van der Waals surface area contributed by atoms with Crippen molar-refractivity contribution in [1.29, 1.82) is 0 Å². The van der Waals surface area contributed by atoms with Gasteiger partial charge in [0, 0.05) is 4.88 Å². The minimum absolute atomic E-state index is 0.100. The van der Waals surface area contributed by atoms with E-state index in [1.54, 1.807) is 32.1 Å². The van der Waals surface area contributed by atoms with Crippen molar-refractivity contribution in [2.24, 2.45) is 4.99 Å². The van der Waals surface area contributed by atoms with Crippen LogP contribution in [0.4, 0.5) is 0 Å². The van der Waals surface area contributed by atoms with Gasteiger partial charge in [0.05, 0.1) is 11.6 Å². The number of nitrogens with one attached hydrogen (secondary N) is 1. The van der Waals surface area contributed by atoms with E-state index in [0.717, 1.165) is 0 Å². The highest BCUT2D eigenvalue weighted by atomic mass is 32.2. The molecule has 104 valence electrons. The Balaban J connectivity index is 2.09. The first kappa shape index (κ1) is 14.6. The zero-order valence-electron chi connectivity index (χ0n) is 11.4. The van der Waals surface area contributed by atoms with Gasteiger partial charge in [0.1, 0.15) is 4.75 Å². The van der Waals surface area contributed by atoms with Crippen molar-refractivity contribution in [3.8, 4) is 0 Å². The molecule has 2 rings (SSSR count). The fourth-order valence-electron chi connectivity index (χ4n) is 1.70. The number of rotatable bonds is 3. The molecule has 0 aliphatic carbocycles. The van der Waals surface area contributed by atoms with Crippen LogP contribution in [-0.4, -0.2) is 26.5 Å². The Labute approximate surface area is 121 Å². The number of amidine groups is 1. The molecule has 19 heavy (non-hydrogen) atoms. The Morgan fingerprint density at radius 1 is 1.53 bits per heavy atom. The Morgan fingerprint density at radius 3 is 2.68 bits per heavy atom. The van der Waals surface area contributed by atoms with Crippen LogP contribution in [0, 0.1) is 0 Å². The van der Waals surface area contributed by atoms with Gasteiger partial charge in [0.15, 0.2) is 5.17 Å². The number of nitrogens with zero attached hydrogens (tertiary/aromatic N) is 1. The van der Waals surface area contributed by atoms with E-state index in [4.69, 9.17) is 0 Å². The molecule has 0 saturated carbocycles. The van der Waals surface area contributed by atoms with Crippen LogP contribution in [0.2, 0.25) is 0 Å². The van der Waals surface area contributed by atoms with Crippen molar-refractivity contribution in [2.45, 2.75) is 44.1 Å². The Kier molecular flexibility index (Phi) is 3.77. The summed E-state index contributed by atoms with van der Waals surface area (Å²) in [6.07, 6.45) is 0. The zero-order chi connectivity index (χ0) is 14.3. The predicted octanol–water partition coefficient (Wildman–Crippen LogP) is 2.56. The lowest BCUT2D eigenvalue weighted by Crippen LogP contribution is -2.49. The third kappa shape index (κ3) is 2.70. The Bertz CT molecular complexity index is 505. The van der Waals surface area contributed by atoms with Crippen LogP contribution in [0.3, 0.4) is 0 Å². The molecule has 1 aromatic heterocycles. The molecule has 0 bridgehead atoms. The summed E-state index contributed by atoms with van der Waals surface area (Å²) in [7, 11) is 0. The lowest BCUT2D eigenvalue weighted by Gasteiger charge is -2.33. The summed E-state index contributed by atoms with van der Waals surface area (Å²) in [6.45, 7) is 7.03. The predicted molar refractivity (Wildman–Crippen MR) is 80.6 cm³/mol. The van der Waals surface area contributed by atoms with Gasteiger partial charge in [-0.3, -0.25) is 4.79 Å². The summed E-state index contributed by atoms with van der Waals surface area (Å²) in [5.41, 5.74) is -1.12. The van der Waals surface area contributed by atoms with Crippen LogP contribution < -0.4 is 5.32 Å². The van der Waals surface area contributed by atoms with Crippen molar-refractivity contribution in [3.05, 3.63) is 22.4 Å². The number of aliphatic hydroxyl groups is 1. The standard InChI is InChI=1S/C13H18N2O2S2/c1-8(9-6-5-7-18-9)14-11-15-10(16)13(4,19-11)12(2,3)17/h5-8,17H,1-4H3,(H,14,15,16)/t8-,13?/m0/s1. The first-order chi connectivity index (χ1) is 8.74. The number of carbonyl (C=O) groups excluding carboxylic acids is 1. The molecule has 2 N–H and O–H groups in total. The van der Waals surface area contributed by atoms with E-state index >= 15 is 0 Å². The number of hydrogen-bond acceptors (Lipinski definition) is 5. The molecule has 2 heterocycles. The number of carbonyl (C=O) groups is 1. The maximum absolute atomic E-state index is 12.0. The molecule has 4 nitrogen and oxygen atoms in total. The molecule has 0 fully saturated rings. The minimum Gasteiger partial charge on any atom is -0.388 e. The van der Waals surface area contributed by atoms with Gasteiger partial charge in [0.2, 0.25) is 0 Å². The van der Waals surface area contributed by atoms with Crippen molar-refractivity contribution < 1.29 is 9.90 Å². The second-order valence-corrected chi connectivity index (χ2v) is 7.68. The normalized spacial score (nSPS) is 25.3. The number of thiophene rings is 1. The van der Waals surface area contributed by atoms with E-state index in [9.17, 15) is 9.90 Å². The fraction of sp³-hybridized carbons (Fsp3) is 0.538. The van der Waals surface area contributed by atoms with Gasteiger partial charge in [-0.15, -0.1) is 11.3 Å². The van der Waals surface area contributed by atoms with Crippen LogP contribution in [0.1, 0.15) is 38.6 Å². The van der Waals surface area contributed by atoms with Gasteiger partial charge >= 0.3 is 0 Å². The van der Waals surface area contributed by atoms with E-state index < -0.39 is 10.3 Å². The Hall–Kier alpha value is -0.850. The molecule has 6 heteroatoms. The molecule has 0 radical (unpaired) electrons. The van der Waals surface area contributed by atoms with E-state index in [0.29, 0.717) is 5.17 Å². The second kappa shape index (κ2) is 4.92. The molecule has 0 aromatic carbocycles. The number of amides is 1. The molecule has 2 atom stereocenters. The highest BCUT2D eigenvalue weighted by Crippen LogP contribution is 2.42. The molecular weight excluding hydrogens is 280 g/mol. The van der Waals surface area contributed by atoms with Crippen LogP contribution in [0.25, 0.3) is 0 Å². The van der Waals surface area contributed by atoms with Gasteiger partial charge in [-0.25, -0.2) is 0 Å². The SMILES string of the molecule is C[C@H](NC1=NC(=O)C(C)(C(C)(C)O)S1)c1cccs1. The number of hydrogen-bond donors (Lipinski definition) is 2. The summed E-state index contributed by atoms with van der Waals surface area (Å²) in [5, 5.41) is 16.0. The fourth-order valence-corrected chi connectivity index (χ4v) is 3.57. The summed E-state index contributed by atoms with van der Waals surface area (Å²) in [5.74, 6) is -0.286. The third-order valence-electron chi connectivity index (χ3n) is 3.39. The van der Waals surface area contributed by atoms with Crippen LogP contribution in [0.15, 0.2) is 22.5 Å². The van der Waals surface area contributed by atoms with Gasteiger partial charge < -0.3 is 10.4 Å². The molecule has 1 aliphatic rings. The van der Waals surface area contributed by atoms with E-state index in [2.05, 4.69) is 10.3 Å². The molecule has 1 amide bonds. The van der Waals surface area contributed by atoms with Gasteiger partial charge in [-0.2, -0.15) is 4.99 Å². The highest BCUT2D eigenvalue weighted by Gasteiger charge is 2.51. The van der Waals surface area contributed by atoms with Gasteiger partial charge in [-0.05, 0) is 39.1 Å². The van der Waals surface area contributed by atoms with Crippen molar-refractivity contribution >= 4 is 34.2 Å². The van der Waals surface area contributed by atoms with Crippen molar-refractivity contribution in [1.82, 2.24) is 5.32 Å². The smallest absolute Gasteiger partial charge is 0.267 e. The topological polar surface area (TPSA) is 61.7 Å². The van der Waals surface area contributed by atoms with E-state index in [1.165, 1.54) is 16.6 Å². The zero-order valence-corrected chi connectivity index (χ0v) is 13.1. The van der Waals surface area contributed by atoms with Crippen LogP contribution in [0.5, 0.6) is 0 Å². The summed E-state index contributed by atoms with van der Waals surface area (Å²) in [4.78, 5) is 17.2. The minimum atomic E-state index is -1.12. The Morgan fingerprint density at radius 2 is 2.21 bits per heavy atom. The first-order valence-electron chi connectivity index (χ1n) is 6.08. The molecule has 1 unspecified atom stereocenters. The molecule has 0 spiro atoms. The number of thioether (sulfide) groups is 1. The van der Waals surface area contributed by atoms with Crippen LogP contribution in [-0.2, 0) is 4.79 Å². The lowest BCUT2D eigenvalue weighted by atomic mass is 9.91. The summed E-state index contributed by atoms with van der Waals surface area (Å²) >= 11 is 2.96. The van der Waals surface area contributed by atoms with E-state index in [-0.39, 0.29) is 11.9 Å². The third-order valence-corrected chi connectivity index (χ3v) is 5.93. The molecule has 1 aliphatic heterocycles. The summed E-state index contributed by atoms with van der Waals surface area (Å²) in [6, 6.07) is 4.14. The lowest BCUT2D eigenvalue weighted by molar-refractivity contribution is -0.124. The van der Waals surface area contributed by atoms with Crippen molar-refractivity contribution in [3.63, 3.8) is 0 Å². The highest BCUT2D eigenvalue weighted by molar-refractivity contribution is 8.16. The quantitative estimate of drug-likeness (QED) is 0.900. The average Bonchev–Trinajstić information content (AvgIpc) is 2.87.